The fourth-order valence-corrected chi connectivity index (χ4v) is 8.12. The van der Waals surface area contributed by atoms with Gasteiger partial charge < -0.3 is 4.74 Å². The van der Waals surface area contributed by atoms with Gasteiger partial charge >= 0.3 is 0 Å². The molecule has 2 heteroatoms. The van der Waals surface area contributed by atoms with Crippen LogP contribution in [0.4, 0.5) is 0 Å². The highest BCUT2D eigenvalue weighted by Crippen LogP contribution is 2.40. The number of allylic oxidation sites excluding steroid dienone is 1. The molecule has 17 heavy (non-hydrogen) atoms. The molecule has 0 bridgehead atoms. The maximum absolute atomic E-state index is 5.14. The van der Waals surface area contributed by atoms with Gasteiger partial charge in [0.25, 0.3) is 0 Å². The summed E-state index contributed by atoms with van der Waals surface area (Å²) in [6.45, 7) is 14.9. The number of hydrogen-bond acceptors (Lipinski definition) is 1. The van der Waals surface area contributed by atoms with E-state index in [1.807, 2.05) is 6.08 Å². The minimum atomic E-state index is -1.53. The van der Waals surface area contributed by atoms with Crippen LogP contribution in [0.5, 0.6) is 0 Å². The maximum atomic E-state index is 5.14. The van der Waals surface area contributed by atoms with Crippen LogP contribution in [0.2, 0.25) is 16.6 Å². The summed E-state index contributed by atoms with van der Waals surface area (Å²) in [4.78, 5) is 0. The summed E-state index contributed by atoms with van der Waals surface area (Å²) in [7, 11) is -1.53. The van der Waals surface area contributed by atoms with Gasteiger partial charge in [-0.05, 0) is 28.8 Å². The van der Waals surface area contributed by atoms with Crippen molar-refractivity contribution in [3.63, 3.8) is 0 Å². The van der Waals surface area contributed by atoms with E-state index in [1.165, 1.54) is 0 Å². The molecule has 0 spiro atoms. The Morgan fingerprint density at radius 3 is 1.88 bits per heavy atom. The molecule has 1 fully saturated rings. The molecule has 0 N–H and O–H groups in total. The van der Waals surface area contributed by atoms with E-state index < -0.39 is 8.07 Å². The summed E-state index contributed by atoms with van der Waals surface area (Å²) in [6.07, 6.45) is 4.41. The van der Waals surface area contributed by atoms with Crippen molar-refractivity contribution in [3.05, 3.63) is 12.2 Å². The Balaban J connectivity index is 2.87. The first kappa shape index (κ1) is 14.5. The van der Waals surface area contributed by atoms with Gasteiger partial charge in [-0.2, -0.15) is 0 Å². The largest absolute Gasteiger partial charge is 0.369 e. The third-order valence-electron chi connectivity index (χ3n) is 3.91. The van der Waals surface area contributed by atoms with Crippen LogP contribution in [0.15, 0.2) is 12.2 Å². The van der Waals surface area contributed by atoms with E-state index in [0.29, 0.717) is 22.7 Å². The molecule has 0 aromatic rings. The van der Waals surface area contributed by atoms with Crippen LogP contribution >= 0.6 is 0 Å². The second-order valence-electron chi connectivity index (χ2n) is 5.90. The highest BCUT2D eigenvalue weighted by Gasteiger charge is 2.41. The summed E-state index contributed by atoms with van der Waals surface area (Å²) < 4.78 is 5.14. The summed E-state index contributed by atoms with van der Waals surface area (Å²) >= 11 is 0. The Morgan fingerprint density at radius 1 is 1.06 bits per heavy atom. The predicted molar refractivity (Wildman–Crippen MR) is 77.7 cm³/mol. The molecule has 0 saturated carbocycles. The van der Waals surface area contributed by atoms with Gasteiger partial charge in [-0.1, -0.05) is 47.5 Å². The minimum Gasteiger partial charge on any atom is -0.369 e. The Labute approximate surface area is 108 Å². The van der Waals surface area contributed by atoms with Crippen molar-refractivity contribution in [1.82, 2.24) is 0 Å². The lowest BCUT2D eigenvalue weighted by Crippen LogP contribution is -2.43. The van der Waals surface area contributed by atoms with E-state index in [0.717, 1.165) is 6.61 Å². The van der Waals surface area contributed by atoms with Gasteiger partial charge in [0.15, 0.2) is 0 Å². The zero-order valence-corrected chi connectivity index (χ0v) is 13.1. The number of epoxide rings is 1. The normalized spacial score (nSPS) is 20.2. The molecule has 1 nitrogen and oxygen atoms in total. The molecule has 1 atom stereocenters. The van der Waals surface area contributed by atoms with Crippen LogP contribution < -0.4 is 0 Å². The molecule has 0 unspecified atom stereocenters. The Kier molecular flexibility index (Phi) is 5.03. The molecule has 0 radical (unpaired) electrons. The average molecular weight is 250 g/mol. The van der Waals surface area contributed by atoms with Crippen molar-refractivity contribution in [2.75, 3.05) is 6.61 Å². The van der Waals surface area contributed by atoms with Crippen LogP contribution in [0.3, 0.4) is 0 Å². The molecule has 0 aromatic heterocycles. The Morgan fingerprint density at radius 2 is 1.53 bits per heavy atom. The maximum Gasteiger partial charge on any atom is 0.146 e. The molecule has 1 rings (SSSR count). The fraction of sp³-hybridized carbons (Fsp3) is 0.733. The van der Waals surface area contributed by atoms with Crippen molar-refractivity contribution < 1.29 is 4.74 Å². The minimum absolute atomic E-state index is 0.345. The highest BCUT2D eigenvalue weighted by atomic mass is 28.3. The fourth-order valence-electron chi connectivity index (χ4n) is 2.92. The first-order chi connectivity index (χ1) is 7.91. The van der Waals surface area contributed by atoms with Gasteiger partial charge in [-0.3, -0.25) is 0 Å². The van der Waals surface area contributed by atoms with Crippen LogP contribution in [0.1, 0.15) is 41.5 Å². The van der Waals surface area contributed by atoms with Gasteiger partial charge in [0, 0.05) is 0 Å². The number of ether oxygens (including phenoxy) is 1. The molecular weight excluding hydrogens is 224 g/mol. The summed E-state index contributed by atoms with van der Waals surface area (Å²) in [5.41, 5.74) is 5.79. The van der Waals surface area contributed by atoms with E-state index in [2.05, 4.69) is 59.1 Å². The first-order valence-corrected chi connectivity index (χ1v) is 8.95. The third-order valence-corrected chi connectivity index (χ3v) is 10.2. The molecule has 1 saturated heterocycles. The zero-order valence-electron chi connectivity index (χ0n) is 12.1. The van der Waals surface area contributed by atoms with Crippen molar-refractivity contribution in [3.8, 4) is 11.5 Å². The highest BCUT2D eigenvalue weighted by molar-refractivity contribution is 6.90. The molecule has 1 aliphatic rings. The Hall–Kier alpha value is -0.523. The van der Waals surface area contributed by atoms with Gasteiger partial charge in [0.05, 0.1) is 12.7 Å². The van der Waals surface area contributed by atoms with Crippen molar-refractivity contribution in [2.24, 2.45) is 0 Å². The van der Waals surface area contributed by atoms with E-state index in [4.69, 9.17) is 4.74 Å². The second-order valence-corrected chi connectivity index (χ2v) is 11.5. The zero-order chi connectivity index (χ0) is 13.1. The molecule has 0 amide bonds. The lowest BCUT2D eigenvalue weighted by Gasteiger charge is -2.37. The monoisotopic (exact) mass is 250 g/mol. The van der Waals surface area contributed by atoms with E-state index >= 15 is 0 Å². The lowest BCUT2D eigenvalue weighted by atomic mass is 10.4. The van der Waals surface area contributed by atoms with Crippen molar-refractivity contribution >= 4 is 8.07 Å². The Bertz CT molecular complexity index is 305. The first-order valence-electron chi connectivity index (χ1n) is 6.72. The molecule has 1 heterocycles. The molecule has 1 aliphatic heterocycles. The quantitative estimate of drug-likeness (QED) is 0.414. The lowest BCUT2D eigenvalue weighted by molar-refractivity contribution is 0.440. The van der Waals surface area contributed by atoms with Gasteiger partial charge in [-0.25, -0.2) is 0 Å². The van der Waals surface area contributed by atoms with Crippen molar-refractivity contribution in [1.29, 1.82) is 0 Å². The standard InChI is InChI=1S/C15H26OSi/c1-12(2)17(13(3)4,14(5)6)10-8-7-9-15-11-16-15/h7,9,12-15H,11H2,1-6H3/b9-7+/t15-/m0/s1. The van der Waals surface area contributed by atoms with E-state index in [-0.39, 0.29) is 0 Å². The summed E-state index contributed by atoms with van der Waals surface area (Å²) in [5, 5.41) is 0. The summed E-state index contributed by atoms with van der Waals surface area (Å²) in [6, 6.07) is 0. The van der Waals surface area contributed by atoms with Gasteiger partial charge in [0.1, 0.15) is 8.07 Å². The number of rotatable bonds is 4. The van der Waals surface area contributed by atoms with Crippen LogP contribution in [-0.4, -0.2) is 20.8 Å². The molecule has 0 aliphatic carbocycles. The number of hydrogen-bond donors (Lipinski definition) is 0. The SMILES string of the molecule is CC(C)[Si](C#C/C=C/[C@H]1CO1)(C(C)C)C(C)C. The molecule has 0 aromatic carbocycles. The van der Waals surface area contributed by atoms with Crippen molar-refractivity contribution in [2.45, 2.75) is 64.3 Å². The van der Waals surface area contributed by atoms with E-state index in [1.54, 1.807) is 0 Å². The summed E-state index contributed by atoms with van der Waals surface area (Å²) in [5.74, 6) is 3.29. The smallest absolute Gasteiger partial charge is 0.146 e. The average Bonchev–Trinajstić information content (AvgIpc) is 2.99. The third kappa shape index (κ3) is 3.47. The predicted octanol–water partition coefficient (Wildman–Crippen LogP) is 4.16. The molecule has 96 valence electrons. The van der Waals surface area contributed by atoms with Gasteiger partial charge in [0.2, 0.25) is 0 Å². The van der Waals surface area contributed by atoms with Crippen LogP contribution in [0, 0.1) is 11.5 Å². The van der Waals surface area contributed by atoms with Gasteiger partial charge in [-0.15, -0.1) is 5.54 Å². The topological polar surface area (TPSA) is 12.5 Å². The second kappa shape index (κ2) is 5.89. The van der Waals surface area contributed by atoms with Crippen LogP contribution in [0.25, 0.3) is 0 Å². The van der Waals surface area contributed by atoms with Crippen LogP contribution in [-0.2, 0) is 4.74 Å². The molecular formula is C15H26OSi. The van der Waals surface area contributed by atoms with E-state index in [9.17, 15) is 0 Å².